The Kier molecular flexibility index (Phi) is 5.40. The van der Waals surface area contributed by atoms with E-state index in [0.29, 0.717) is 12.0 Å². The summed E-state index contributed by atoms with van der Waals surface area (Å²) < 4.78 is 10.9. The van der Waals surface area contributed by atoms with Crippen LogP contribution in [-0.2, 0) is 9.47 Å². The van der Waals surface area contributed by atoms with E-state index in [1.165, 1.54) is 32.1 Å². The molecular formula is C11H22O2. The van der Waals surface area contributed by atoms with Gasteiger partial charge in [0, 0.05) is 13.0 Å². The molecule has 0 amide bonds. The van der Waals surface area contributed by atoms with Crippen LogP contribution < -0.4 is 0 Å². The van der Waals surface area contributed by atoms with Crippen LogP contribution in [0.15, 0.2) is 0 Å². The first-order valence-corrected chi connectivity index (χ1v) is 5.43. The maximum Gasteiger partial charge on any atom is 0.0575 e. The van der Waals surface area contributed by atoms with Gasteiger partial charge in [0.2, 0.25) is 0 Å². The molecule has 2 heteroatoms. The summed E-state index contributed by atoms with van der Waals surface area (Å²) in [6, 6.07) is 0. The summed E-state index contributed by atoms with van der Waals surface area (Å²) >= 11 is 0. The summed E-state index contributed by atoms with van der Waals surface area (Å²) in [6.45, 7) is 3.84. The number of ether oxygens (including phenoxy) is 2. The van der Waals surface area contributed by atoms with E-state index in [9.17, 15) is 0 Å². The van der Waals surface area contributed by atoms with Gasteiger partial charge < -0.3 is 9.47 Å². The van der Waals surface area contributed by atoms with Gasteiger partial charge in [-0.2, -0.15) is 0 Å². The summed E-state index contributed by atoms with van der Waals surface area (Å²) in [6.07, 6.45) is 7.16. The van der Waals surface area contributed by atoms with Crippen molar-refractivity contribution in [1.29, 1.82) is 0 Å². The lowest BCUT2D eigenvalue weighted by molar-refractivity contribution is -0.00402. The Morgan fingerprint density at radius 2 is 1.85 bits per heavy atom. The van der Waals surface area contributed by atoms with Crippen molar-refractivity contribution in [1.82, 2.24) is 0 Å². The predicted octanol–water partition coefficient (Wildman–Crippen LogP) is 2.62. The van der Waals surface area contributed by atoms with Gasteiger partial charge in [-0.3, -0.25) is 0 Å². The smallest absolute Gasteiger partial charge is 0.0575 e. The highest BCUT2D eigenvalue weighted by Gasteiger charge is 2.14. The number of hydrogen-bond acceptors (Lipinski definition) is 2. The van der Waals surface area contributed by atoms with Crippen LogP contribution >= 0.6 is 0 Å². The van der Waals surface area contributed by atoms with Gasteiger partial charge in [0.25, 0.3) is 0 Å². The third kappa shape index (κ3) is 4.63. The van der Waals surface area contributed by atoms with Gasteiger partial charge in [-0.15, -0.1) is 0 Å². The van der Waals surface area contributed by atoms with E-state index in [2.05, 4.69) is 6.92 Å². The highest BCUT2D eigenvalue weighted by molar-refractivity contribution is 4.65. The lowest BCUT2D eigenvalue weighted by atomic mass is 9.98. The Labute approximate surface area is 81.6 Å². The van der Waals surface area contributed by atoms with Crippen LogP contribution in [0.5, 0.6) is 0 Å². The summed E-state index contributed by atoms with van der Waals surface area (Å²) in [5.74, 6) is 0.534. The largest absolute Gasteiger partial charge is 0.384 e. The Morgan fingerprint density at radius 1 is 1.15 bits per heavy atom. The van der Waals surface area contributed by atoms with E-state index in [1.807, 2.05) is 0 Å². The molecule has 1 aliphatic rings. The number of methoxy groups -OCH3 is 1. The van der Waals surface area contributed by atoms with E-state index in [-0.39, 0.29) is 0 Å². The molecule has 78 valence electrons. The first-order chi connectivity index (χ1) is 6.33. The molecule has 0 radical (unpaired) electrons. The van der Waals surface area contributed by atoms with Gasteiger partial charge in [0.1, 0.15) is 0 Å². The minimum Gasteiger partial charge on any atom is -0.384 e. The van der Waals surface area contributed by atoms with Crippen molar-refractivity contribution >= 4 is 0 Å². The first-order valence-electron chi connectivity index (χ1n) is 5.43. The fourth-order valence-electron chi connectivity index (χ4n) is 1.86. The molecule has 1 saturated carbocycles. The topological polar surface area (TPSA) is 18.5 Å². The van der Waals surface area contributed by atoms with Gasteiger partial charge in [0.05, 0.1) is 19.3 Å². The average molecular weight is 186 g/mol. The number of hydrogen-bond donors (Lipinski definition) is 0. The summed E-state index contributed by atoms with van der Waals surface area (Å²) in [7, 11) is 1.75. The Balaban J connectivity index is 2.03. The fourth-order valence-corrected chi connectivity index (χ4v) is 1.86. The highest BCUT2D eigenvalue weighted by Crippen LogP contribution is 2.20. The Hall–Kier alpha value is -0.0800. The lowest BCUT2D eigenvalue weighted by Crippen LogP contribution is -2.21. The first kappa shape index (κ1) is 11.0. The zero-order valence-electron chi connectivity index (χ0n) is 8.92. The van der Waals surface area contributed by atoms with E-state index in [0.717, 1.165) is 13.2 Å². The molecule has 0 spiro atoms. The van der Waals surface area contributed by atoms with Crippen molar-refractivity contribution in [3.63, 3.8) is 0 Å². The monoisotopic (exact) mass is 186 g/mol. The van der Waals surface area contributed by atoms with Gasteiger partial charge in [-0.1, -0.05) is 26.2 Å². The lowest BCUT2D eigenvalue weighted by Gasteiger charge is -2.23. The molecule has 0 aliphatic heterocycles. The van der Waals surface area contributed by atoms with E-state index < -0.39 is 0 Å². The molecule has 0 N–H and O–H groups in total. The molecule has 0 aromatic heterocycles. The molecule has 2 nitrogen and oxygen atoms in total. The Morgan fingerprint density at radius 3 is 2.46 bits per heavy atom. The van der Waals surface area contributed by atoms with E-state index >= 15 is 0 Å². The van der Waals surface area contributed by atoms with Crippen LogP contribution in [0.3, 0.4) is 0 Å². The fraction of sp³-hybridized carbons (Fsp3) is 1.00. The molecule has 1 rings (SSSR count). The molecule has 0 aromatic rings. The predicted molar refractivity (Wildman–Crippen MR) is 53.9 cm³/mol. The van der Waals surface area contributed by atoms with Gasteiger partial charge in [-0.05, 0) is 12.8 Å². The molecule has 0 aromatic carbocycles. The second-order valence-corrected chi connectivity index (χ2v) is 4.15. The van der Waals surface area contributed by atoms with Crippen molar-refractivity contribution in [2.75, 3.05) is 20.3 Å². The molecule has 13 heavy (non-hydrogen) atoms. The molecule has 1 atom stereocenters. The quantitative estimate of drug-likeness (QED) is 0.657. The molecule has 0 unspecified atom stereocenters. The second kappa shape index (κ2) is 6.39. The molecule has 0 saturated heterocycles. The normalized spacial score (nSPS) is 21.7. The second-order valence-electron chi connectivity index (χ2n) is 4.15. The molecule has 1 aliphatic carbocycles. The zero-order chi connectivity index (χ0) is 9.52. The summed E-state index contributed by atoms with van der Waals surface area (Å²) in [5.41, 5.74) is 0. The average Bonchev–Trinajstić information content (AvgIpc) is 2.17. The number of rotatable bonds is 5. The minimum atomic E-state index is 0.534. The zero-order valence-corrected chi connectivity index (χ0v) is 8.92. The van der Waals surface area contributed by atoms with Crippen LogP contribution in [0.25, 0.3) is 0 Å². The maximum atomic E-state index is 5.82. The van der Waals surface area contributed by atoms with Crippen LogP contribution in [0.2, 0.25) is 0 Å². The van der Waals surface area contributed by atoms with Gasteiger partial charge in [-0.25, -0.2) is 0 Å². The van der Waals surface area contributed by atoms with Gasteiger partial charge >= 0.3 is 0 Å². The molecule has 0 bridgehead atoms. The van der Waals surface area contributed by atoms with Crippen LogP contribution in [-0.4, -0.2) is 26.4 Å². The van der Waals surface area contributed by atoms with Crippen molar-refractivity contribution in [3.8, 4) is 0 Å². The van der Waals surface area contributed by atoms with Crippen LogP contribution in [0.1, 0.15) is 39.0 Å². The molecule has 0 heterocycles. The van der Waals surface area contributed by atoms with Crippen LogP contribution in [0, 0.1) is 5.92 Å². The van der Waals surface area contributed by atoms with Crippen molar-refractivity contribution in [3.05, 3.63) is 0 Å². The molecule has 1 fully saturated rings. The van der Waals surface area contributed by atoms with E-state index in [4.69, 9.17) is 9.47 Å². The van der Waals surface area contributed by atoms with Gasteiger partial charge in [0.15, 0.2) is 0 Å². The van der Waals surface area contributed by atoms with Crippen molar-refractivity contribution in [2.24, 2.45) is 5.92 Å². The summed E-state index contributed by atoms with van der Waals surface area (Å²) in [5, 5.41) is 0. The van der Waals surface area contributed by atoms with Crippen molar-refractivity contribution in [2.45, 2.75) is 45.1 Å². The third-order valence-corrected chi connectivity index (χ3v) is 2.62. The SMILES string of the molecule is COC[C@@H](C)COC1CCCCC1. The highest BCUT2D eigenvalue weighted by atomic mass is 16.5. The summed E-state index contributed by atoms with van der Waals surface area (Å²) in [4.78, 5) is 0. The third-order valence-electron chi connectivity index (χ3n) is 2.62. The van der Waals surface area contributed by atoms with Crippen molar-refractivity contribution < 1.29 is 9.47 Å². The van der Waals surface area contributed by atoms with Crippen LogP contribution in [0.4, 0.5) is 0 Å². The standard InChI is InChI=1S/C11H22O2/c1-10(8-12-2)9-13-11-6-4-3-5-7-11/h10-11H,3-9H2,1-2H3/t10-/m1/s1. The van der Waals surface area contributed by atoms with E-state index in [1.54, 1.807) is 7.11 Å². The maximum absolute atomic E-state index is 5.82. The molecular weight excluding hydrogens is 164 g/mol. The Bertz CT molecular complexity index is 119. The minimum absolute atomic E-state index is 0.534.